The summed E-state index contributed by atoms with van der Waals surface area (Å²) in [5.74, 6) is -0.0332. The fraction of sp³-hybridized carbons (Fsp3) is 0.222. The number of carbonyl (C=O) groups excluding carboxylic acids is 3. The van der Waals surface area contributed by atoms with E-state index in [1.807, 2.05) is 48.2 Å². The van der Waals surface area contributed by atoms with E-state index in [0.717, 1.165) is 17.5 Å². The lowest BCUT2D eigenvalue weighted by Crippen LogP contribution is -2.27. The molecular formula is C27H26ClN3O3S. The molecule has 0 saturated carbocycles. The fourth-order valence-electron chi connectivity index (χ4n) is 3.81. The molecule has 1 fully saturated rings. The Labute approximate surface area is 214 Å². The number of rotatable bonds is 8. The average molecular weight is 508 g/mol. The first kappa shape index (κ1) is 24.8. The highest BCUT2D eigenvalue weighted by Crippen LogP contribution is 2.39. The lowest BCUT2D eigenvalue weighted by Gasteiger charge is -2.24. The van der Waals surface area contributed by atoms with Crippen molar-refractivity contribution in [2.24, 2.45) is 0 Å². The molecule has 8 heteroatoms. The van der Waals surface area contributed by atoms with Gasteiger partial charge in [-0.3, -0.25) is 14.4 Å². The Morgan fingerprint density at radius 3 is 2.43 bits per heavy atom. The summed E-state index contributed by atoms with van der Waals surface area (Å²) in [6.07, 6.45) is 0.828. The molecule has 0 spiro atoms. The van der Waals surface area contributed by atoms with E-state index in [-0.39, 0.29) is 23.1 Å². The summed E-state index contributed by atoms with van der Waals surface area (Å²) < 4.78 is 0. The third-order valence-corrected chi connectivity index (χ3v) is 7.16. The van der Waals surface area contributed by atoms with Gasteiger partial charge < -0.3 is 15.5 Å². The zero-order valence-corrected chi connectivity index (χ0v) is 20.9. The van der Waals surface area contributed by atoms with Crippen LogP contribution in [0.5, 0.6) is 0 Å². The van der Waals surface area contributed by atoms with Gasteiger partial charge in [0.1, 0.15) is 5.37 Å². The standard InChI is InChI=1S/C27H26ClN3O3S/c1-2-15-29-26(34)22-5-3-4-6-23(22)30-25(33)19-9-11-20(12-10-19)27-31(24(32)17-35-27)16-18-7-13-21(28)14-8-18/h3-14,27H,2,15-17H2,1H3,(H,29,34)(H,30,33)/t27-/m1/s1. The van der Waals surface area contributed by atoms with Gasteiger partial charge in [-0.05, 0) is 53.9 Å². The SMILES string of the molecule is CCCNC(=O)c1ccccc1NC(=O)c1ccc([C@H]2SCC(=O)N2Cc2ccc(Cl)cc2)cc1. The van der Waals surface area contributed by atoms with E-state index in [0.29, 0.717) is 40.7 Å². The number of nitrogens with one attached hydrogen (secondary N) is 2. The highest BCUT2D eigenvalue weighted by molar-refractivity contribution is 8.00. The maximum absolute atomic E-state index is 12.9. The Bertz CT molecular complexity index is 1220. The second-order valence-electron chi connectivity index (χ2n) is 8.19. The van der Waals surface area contributed by atoms with Gasteiger partial charge >= 0.3 is 0 Å². The first-order chi connectivity index (χ1) is 17.0. The summed E-state index contributed by atoms with van der Waals surface area (Å²) >= 11 is 7.55. The van der Waals surface area contributed by atoms with Crippen molar-refractivity contribution in [2.75, 3.05) is 17.6 Å². The maximum Gasteiger partial charge on any atom is 0.255 e. The predicted octanol–water partition coefficient (Wildman–Crippen LogP) is 5.51. The Morgan fingerprint density at radius 1 is 1.00 bits per heavy atom. The van der Waals surface area contributed by atoms with Crippen molar-refractivity contribution in [1.29, 1.82) is 0 Å². The average Bonchev–Trinajstić information content (AvgIpc) is 3.24. The van der Waals surface area contributed by atoms with Crippen molar-refractivity contribution in [3.8, 4) is 0 Å². The van der Waals surface area contributed by atoms with Crippen molar-refractivity contribution in [2.45, 2.75) is 25.3 Å². The van der Waals surface area contributed by atoms with E-state index in [9.17, 15) is 14.4 Å². The van der Waals surface area contributed by atoms with Crippen LogP contribution in [0.3, 0.4) is 0 Å². The molecule has 35 heavy (non-hydrogen) atoms. The third-order valence-electron chi connectivity index (χ3n) is 5.65. The second-order valence-corrected chi connectivity index (χ2v) is 9.69. The molecule has 3 aromatic carbocycles. The lowest BCUT2D eigenvalue weighted by atomic mass is 10.1. The van der Waals surface area contributed by atoms with Gasteiger partial charge in [0.15, 0.2) is 0 Å². The number of hydrogen-bond acceptors (Lipinski definition) is 4. The fourth-order valence-corrected chi connectivity index (χ4v) is 5.12. The zero-order valence-electron chi connectivity index (χ0n) is 19.3. The lowest BCUT2D eigenvalue weighted by molar-refractivity contribution is -0.128. The van der Waals surface area contributed by atoms with E-state index in [1.165, 1.54) is 0 Å². The van der Waals surface area contributed by atoms with Gasteiger partial charge in [0.25, 0.3) is 11.8 Å². The Kier molecular flexibility index (Phi) is 8.10. The number of nitrogens with zero attached hydrogens (tertiary/aromatic N) is 1. The smallest absolute Gasteiger partial charge is 0.255 e. The molecule has 1 aliphatic rings. The number of para-hydroxylation sites is 1. The van der Waals surface area contributed by atoms with E-state index in [4.69, 9.17) is 11.6 Å². The summed E-state index contributed by atoms with van der Waals surface area (Å²) in [6.45, 7) is 3.04. The van der Waals surface area contributed by atoms with E-state index in [2.05, 4.69) is 10.6 Å². The van der Waals surface area contributed by atoms with Crippen LogP contribution in [0, 0.1) is 0 Å². The summed E-state index contributed by atoms with van der Waals surface area (Å²) in [5, 5.41) is 6.21. The van der Waals surface area contributed by atoms with E-state index >= 15 is 0 Å². The van der Waals surface area contributed by atoms with Crippen molar-refractivity contribution in [3.05, 3.63) is 100 Å². The minimum Gasteiger partial charge on any atom is -0.352 e. The summed E-state index contributed by atoms with van der Waals surface area (Å²) in [6, 6.07) is 21.7. The molecule has 2 N–H and O–H groups in total. The quantitative estimate of drug-likeness (QED) is 0.421. The number of anilines is 1. The number of carbonyl (C=O) groups is 3. The zero-order chi connectivity index (χ0) is 24.8. The molecular weight excluding hydrogens is 482 g/mol. The maximum atomic E-state index is 12.9. The number of thioether (sulfide) groups is 1. The van der Waals surface area contributed by atoms with Gasteiger partial charge in [0.2, 0.25) is 5.91 Å². The van der Waals surface area contributed by atoms with Crippen LogP contribution in [-0.2, 0) is 11.3 Å². The first-order valence-corrected chi connectivity index (χ1v) is 12.8. The molecule has 0 unspecified atom stereocenters. The molecule has 3 amide bonds. The van der Waals surface area contributed by atoms with Crippen LogP contribution in [0.15, 0.2) is 72.8 Å². The van der Waals surface area contributed by atoms with Crippen molar-refractivity contribution < 1.29 is 14.4 Å². The van der Waals surface area contributed by atoms with Crippen LogP contribution in [0.1, 0.15) is 50.6 Å². The van der Waals surface area contributed by atoms with Gasteiger partial charge in [-0.1, -0.05) is 54.9 Å². The third kappa shape index (κ3) is 6.05. The van der Waals surface area contributed by atoms with Crippen molar-refractivity contribution in [3.63, 3.8) is 0 Å². The second kappa shape index (κ2) is 11.4. The van der Waals surface area contributed by atoms with Gasteiger partial charge in [0.05, 0.1) is 17.0 Å². The Hall–Kier alpha value is -3.29. The highest BCUT2D eigenvalue weighted by atomic mass is 35.5. The number of amides is 3. The predicted molar refractivity (Wildman–Crippen MR) is 141 cm³/mol. The molecule has 0 aliphatic carbocycles. The molecule has 1 aliphatic heterocycles. The minimum absolute atomic E-state index is 0.0785. The summed E-state index contributed by atoms with van der Waals surface area (Å²) in [5.41, 5.74) is 3.31. The number of benzene rings is 3. The molecule has 0 radical (unpaired) electrons. The van der Waals surface area contributed by atoms with Gasteiger partial charge in [-0.2, -0.15) is 0 Å². The van der Waals surface area contributed by atoms with Gasteiger partial charge in [0, 0.05) is 23.7 Å². The number of hydrogen-bond donors (Lipinski definition) is 2. The first-order valence-electron chi connectivity index (χ1n) is 11.4. The van der Waals surface area contributed by atoms with E-state index < -0.39 is 0 Å². The van der Waals surface area contributed by atoms with Gasteiger partial charge in [-0.25, -0.2) is 0 Å². The molecule has 1 heterocycles. The van der Waals surface area contributed by atoms with Crippen LogP contribution in [-0.4, -0.2) is 34.9 Å². The molecule has 1 saturated heterocycles. The molecule has 0 bridgehead atoms. The van der Waals surface area contributed by atoms with Crippen LogP contribution in [0.2, 0.25) is 5.02 Å². The largest absolute Gasteiger partial charge is 0.352 e. The van der Waals surface area contributed by atoms with Gasteiger partial charge in [-0.15, -0.1) is 11.8 Å². The molecule has 180 valence electrons. The summed E-state index contributed by atoms with van der Waals surface area (Å²) in [4.78, 5) is 39.7. The van der Waals surface area contributed by atoms with Crippen LogP contribution in [0.25, 0.3) is 0 Å². The molecule has 1 atom stereocenters. The highest BCUT2D eigenvalue weighted by Gasteiger charge is 2.32. The van der Waals surface area contributed by atoms with Crippen LogP contribution >= 0.6 is 23.4 Å². The molecule has 0 aromatic heterocycles. The Morgan fingerprint density at radius 2 is 1.71 bits per heavy atom. The Balaban J connectivity index is 1.46. The van der Waals surface area contributed by atoms with Crippen LogP contribution in [0.4, 0.5) is 5.69 Å². The summed E-state index contributed by atoms with van der Waals surface area (Å²) in [7, 11) is 0. The molecule has 6 nitrogen and oxygen atoms in total. The van der Waals surface area contributed by atoms with Crippen molar-refractivity contribution >= 4 is 46.8 Å². The molecule has 4 rings (SSSR count). The van der Waals surface area contributed by atoms with Crippen LogP contribution < -0.4 is 10.6 Å². The minimum atomic E-state index is -0.305. The normalized spacial score (nSPS) is 15.2. The molecule has 3 aromatic rings. The van der Waals surface area contributed by atoms with E-state index in [1.54, 1.807) is 48.2 Å². The monoisotopic (exact) mass is 507 g/mol. The van der Waals surface area contributed by atoms with Crippen molar-refractivity contribution in [1.82, 2.24) is 10.2 Å². The number of halogens is 1. The topological polar surface area (TPSA) is 78.5 Å².